The topological polar surface area (TPSA) is 71.9 Å². The van der Waals surface area contributed by atoms with Gasteiger partial charge in [0.2, 0.25) is 11.8 Å². The highest BCUT2D eigenvalue weighted by Crippen LogP contribution is 2.24. The number of likely N-dealkylation sites (tertiary alicyclic amines) is 2. The van der Waals surface area contributed by atoms with E-state index in [0.29, 0.717) is 31.9 Å². The standard InChI is InChI=1S/C18H25N3O4/c1-12-8-15(9-17(23)19(12)3)25-16-10-21(11-16)18(24)14-4-6-20(7-5-14)13(2)22/h8-9,14,16H,4-7,10-11H2,1-3H3. The largest absolute Gasteiger partial charge is 0.486 e. The molecule has 0 aromatic carbocycles. The fourth-order valence-corrected chi connectivity index (χ4v) is 3.39. The van der Waals surface area contributed by atoms with Crippen LogP contribution in [-0.4, -0.2) is 58.5 Å². The van der Waals surface area contributed by atoms with E-state index in [1.165, 1.54) is 6.07 Å². The SMILES string of the molecule is CC(=O)N1CCC(C(=O)N2CC(Oc3cc(C)n(C)c(=O)c3)C2)CC1. The Morgan fingerprint density at radius 1 is 1.12 bits per heavy atom. The first-order chi connectivity index (χ1) is 11.8. The van der Waals surface area contributed by atoms with Crippen molar-refractivity contribution in [2.75, 3.05) is 26.2 Å². The average molecular weight is 347 g/mol. The molecule has 3 heterocycles. The second-order valence-corrected chi connectivity index (χ2v) is 6.99. The first kappa shape index (κ1) is 17.5. The summed E-state index contributed by atoms with van der Waals surface area (Å²) in [4.78, 5) is 39.3. The van der Waals surface area contributed by atoms with Crippen LogP contribution in [0.25, 0.3) is 0 Å². The van der Waals surface area contributed by atoms with Crippen molar-refractivity contribution in [2.24, 2.45) is 13.0 Å². The van der Waals surface area contributed by atoms with Gasteiger partial charge in [0.1, 0.15) is 11.9 Å². The lowest BCUT2D eigenvalue weighted by molar-refractivity contribution is -0.147. The Hall–Kier alpha value is -2.31. The van der Waals surface area contributed by atoms with Crippen LogP contribution in [0.5, 0.6) is 5.75 Å². The van der Waals surface area contributed by atoms with E-state index in [1.807, 2.05) is 17.9 Å². The molecule has 2 amide bonds. The van der Waals surface area contributed by atoms with Crippen molar-refractivity contribution in [1.82, 2.24) is 14.4 Å². The molecule has 0 aliphatic carbocycles. The van der Waals surface area contributed by atoms with Gasteiger partial charge < -0.3 is 19.1 Å². The quantitative estimate of drug-likeness (QED) is 0.800. The summed E-state index contributed by atoms with van der Waals surface area (Å²) < 4.78 is 7.39. The summed E-state index contributed by atoms with van der Waals surface area (Å²) in [7, 11) is 1.72. The van der Waals surface area contributed by atoms with Crippen LogP contribution in [0.1, 0.15) is 25.5 Å². The Morgan fingerprint density at radius 2 is 1.76 bits per heavy atom. The molecule has 0 saturated carbocycles. The number of carbonyl (C=O) groups excluding carboxylic acids is 2. The molecule has 0 unspecified atom stereocenters. The van der Waals surface area contributed by atoms with Gasteiger partial charge in [-0.25, -0.2) is 0 Å². The number of hydrogen-bond acceptors (Lipinski definition) is 4. The summed E-state index contributed by atoms with van der Waals surface area (Å²) >= 11 is 0. The van der Waals surface area contributed by atoms with Gasteiger partial charge in [0.15, 0.2) is 0 Å². The minimum atomic E-state index is -0.0977. The molecule has 0 atom stereocenters. The molecule has 136 valence electrons. The number of aromatic nitrogens is 1. The lowest BCUT2D eigenvalue weighted by Gasteiger charge is -2.42. The number of pyridine rings is 1. The van der Waals surface area contributed by atoms with Gasteiger partial charge >= 0.3 is 0 Å². The zero-order valence-corrected chi connectivity index (χ0v) is 15.0. The number of ether oxygens (including phenoxy) is 1. The average Bonchev–Trinajstić information content (AvgIpc) is 2.55. The Labute approximate surface area is 147 Å². The zero-order chi connectivity index (χ0) is 18.1. The van der Waals surface area contributed by atoms with Gasteiger partial charge in [-0.05, 0) is 25.8 Å². The van der Waals surface area contributed by atoms with Crippen LogP contribution >= 0.6 is 0 Å². The molecule has 2 fully saturated rings. The van der Waals surface area contributed by atoms with E-state index in [0.717, 1.165) is 18.5 Å². The summed E-state index contributed by atoms with van der Waals surface area (Å²) in [5, 5.41) is 0. The lowest BCUT2D eigenvalue weighted by Crippen LogP contribution is -2.58. The monoisotopic (exact) mass is 347 g/mol. The maximum atomic E-state index is 12.5. The predicted molar refractivity (Wildman–Crippen MR) is 92.4 cm³/mol. The van der Waals surface area contributed by atoms with E-state index in [1.54, 1.807) is 23.4 Å². The molecule has 3 rings (SSSR count). The van der Waals surface area contributed by atoms with E-state index in [-0.39, 0.29) is 29.4 Å². The third-order valence-electron chi connectivity index (χ3n) is 5.23. The molecule has 7 nitrogen and oxygen atoms in total. The van der Waals surface area contributed by atoms with E-state index < -0.39 is 0 Å². The van der Waals surface area contributed by atoms with Gasteiger partial charge in [0, 0.05) is 44.7 Å². The minimum Gasteiger partial charge on any atom is -0.486 e. The molecule has 2 saturated heterocycles. The summed E-state index contributed by atoms with van der Waals surface area (Å²) in [5.74, 6) is 0.797. The third-order valence-corrected chi connectivity index (χ3v) is 5.23. The lowest BCUT2D eigenvalue weighted by atomic mass is 9.93. The molecule has 1 aromatic heterocycles. The van der Waals surface area contributed by atoms with Crippen LogP contribution in [0.2, 0.25) is 0 Å². The number of nitrogens with zero attached hydrogens (tertiary/aromatic N) is 3. The molecular formula is C18H25N3O4. The fourth-order valence-electron chi connectivity index (χ4n) is 3.39. The van der Waals surface area contributed by atoms with Crippen LogP contribution in [0, 0.1) is 12.8 Å². The number of carbonyl (C=O) groups is 2. The smallest absolute Gasteiger partial charge is 0.254 e. The van der Waals surface area contributed by atoms with Crippen molar-refractivity contribution >= 4 is 11.8 Å². The van der Waals surface area contributed by atoms with Crippen LogP contribution in [0.3, 0.4) is 0 Å². The number of amides is 2. The van der Waals surface area contributed by atoms with Crippen LogP contribution in [-0.2, 0) is 16.6 Å². The van der Waals surface area contributed by atoms with E-state index in [2.05, 4.69) is 0 Å². The van der Waals surface area contributed by atoms with E-state index in [4.69, 9.17) is 4.74 Å². The number of hydrogen-bond donors (Lipinski definition) is 0. The summed E-state index contributed by atoms with van der Waals surface area (Å²) in [6.07, 6.45) is 1.40. The normalized spacial score (nSPS) is 18.8. The Morgan fingerprint density at radius 3 is 2.32 bits per heavy atom. The Kier molecular flexibility index (Phi) is 4.83. The summed E-state index contributed by atoms with van der Waals surface area (Å²) in [6.45, 7) is 5.86. The van der Waals surface area contributed by atoms with Crippen molar-refractivity contribution in [3.8, 4) is 5.75 Å². The summed E-state index contributed by atoms with van der Waals surface area (Å²) in [5.41, 5.74) is 0.742. The molecule has 0 radical (unpaired) electrons. The fraction of sp³-hybridized carbons (Fsp3) is 0.611. The molecule has 2 aliphatic rings. The molecule has 7 heteroatoms. The van der Waals surface area contributed by atoms with Gasteiger partial charge in [0.25, 0.3) is 5.56 Å². The van der Waals surface area contributed by atoms with E-state index >= 15 is 0 Å². The molecule has 0 bridgehead atoms. The molecule has 0 N–H and O–H groups in total. The van der Waals surface area contributed by atoms with Crippen LogP contribution in [0.4, 0.5) is 0 Å². The first-order valence-electron chi connectivity index (χ1n) is 8.74. The van der Waals surface area contributed by atoms with Gasteiger partial charge in [-0.3, -0.25) is 14.4 Å². The van der Waals surface area contributed by atoms with Crippen molar-refractivity contribution in [3.63, 3.8) is 0 Å². The van der Waals surface area contributed by atoms with Crippen LogP contribution in [0.15, 0.2) is 16.9 Å². The van der Waals surface area contributed by atoms with E-state index in [9.17, 15) is 14.4 Å². The predicted octanol–water partition coefficient (Wildman–Crippen LogP) is 0.542. The maximum Gasteiger partial charge on any atom is 0.254 e. The highest BCUT2D eigenvalue weighted by Gasteiger charge is 2.37. The van der Waals surface area contributed by atoms with Crippen molar-refractivity contribution in [3.05, 3.63) is 28.2 Å². The Balaban J connectivity index is 1.49. The molecule has 25 heavy (non-hydrogen) atoms. The molecular weight excluding hydrogens is 322 g/mol. The highest BCUT2D eigenvalue weighted by molar-refractivity contribution is 5.80. The van der Waals surface area contributed by atoms with Crippen molar-refractivity contribution in [2.45, 2.75) is 32.8 Å². The number of piperidine rings is 1. The second-order valence-electron chi connectivity index (χ2n) is 6.99. The first-order valence-corrected chi connectivity index (χ1v) is 8.74. The highest BCUT2D eigenvalue weighted by atomic mass is 16.5. The maximum absolute atomic E-state index is 12.5. The summed E-state index contributed by atoms with van der Waals surface area (Å²) in [6, 6.07) is 3.32. The number of aryl methyl sites for hydroxylation is 1. The molecule has 0 spiro atoms. The van der Waals surface area contributed by atoms with Gasteiger partial charge in [-0.15, -0.1) is 0 Å². The van der Waals surface area contributed by atoms with Gasteiger partial charge in [-0.2, -0.15) is 0 Å². The second kappa shape index (κ2) is 6.90. The number of rotatable bonds is 3. The third kappa shape index (κ3) is 3.70. The molecule has 2 aliphatic heterocycles. The van der Waals surface area contributed by atoms with Crippen molar-refractivity contribution < 1.29 is 14.3 Å². The molecule has 1 aromatic rings. The Bertz CT molecular complexity index is 728. The zero-order valence-electron chi connectivity index (χ0n) is 15.0. The van der Waals surface area contributed by atoms with Gasteiger partial charge in [0.05, 0.1) is 13.1 Å². The van der Waals surface area contributed by atoms with Crippen molar-refractivity contribution in [1.29, 1.82) is 0 Å². The van der Waals surface area contributed by atoms with Crippen LogP contribution < -0.4 is 10.3 Å². The van der Waals surface area contributed by atoms with Gasteiger partial charge in [-0.1, -0.05) is 0 Å². The minimum absolute atomic E-state index is 0.00261.